The van der Waals surface area contributed by atoms with Crippen LogP contribution in [0.1, 0.15) is 29.7 Å². The quantitative estimate of drug-likeness (QED) is 0.875. The van der Waals surface area contributed by atoms with E-state index in [0.29, 0.717) is 6.04 Å². The molecule has 1 atom stereocenters. The van der Waals surface area contributed by atoms with Gasteiger partial charge in [-0.2, -0.15) is 0 Å². The Labute approximate surface area is 122 Å². The zero-order valence-electron chi connectivity index (χ0n) is 13.1. The molecule has 2 nitrogen and oxygen atoms in total. The van der Waals surface area contributed by atoms with E-state index in [2.05, 4.69) is 87.5 Å². The van der Waals surface area contributed by atoms with Gasteiger partial charge >= 0.3 is 0 Å². The van der Waals surface area contributed by atoms with Crippen molar-refractivity contribution < 1.29 is 0 Å². The molecule has 0 aliphatic heterocycles. The van der Waals surface area contributed by atoms with Gasteiger partial charge in [0, 0.05) is 31.5 Å². The van der Waals surface area contributed by atoms with E-state index in [1.54, 1.807) is 0 Å². The average Bonchev–Trinajstić information content (AvgIpc) is 2.42. The number of nitrogens with one attached hydrogen (secondary N) is 1. The van der Waals surface area contributed by atoms with Crippen LogP contribution >= 0.6 is 0 Å². The topological polar surface area (TPSA) is 15.3 Å². The van der Waals surface area contributed by atoms with Crippen molar-refractivity contribution in [3.05, 3.63) is 59.2 Å². The smallest absolute Gasteiger partial charge is 0.0485 e. The van der Waals surface area contributed by atoms with E-state index < -0.39 is 0 Å². The standard InChI is InChI=1S/C18H24N2/c1-13-9-10-16(11-14(13)2)15(3)19-17-7-6-8-18(12-17)20(4)5/h6-12,15,19H,1-5H3. The Morgan fingerprint density at radius 2 is 1.70 bits per heavy atom. The van der Waals surface area contributed by atoms with Gasteiger partial charge in [-0.05, 0) is 55.7 Å². The van der Waals surface area contributed by atoms with Crippen molar-refractivity contribution in [3.8, 4) is 0 Å². The van der Waals surface area contributed by atoms with Crippen LogP contribution in [0.2, 0.25) is 0 Å². The number of hydrogen-bond donors (Lipinski definition) is 1. The second-order valence-electron chi connectivity index (χ2n) is 5.65. The Morgan fingerprint density at radius 1 is 0.950 bits per heavy atom. The molecular formula is C18H24N2. The fourth-order valence-electron chi connectivity index (χ4n) is 2.24. The lowest BCUT2D eigenvalue weighted by Crippen LogP contribution is -2.10. The lowest BCUT2D eigenvalue weighted by atomic mass is 10.0. The van der Waals surface area contributed by atoms with Gasteiger partial charge in [0.15, 0.2) is 0 Å². The van der Waals surface area contributed by atoms with Crippen molar-refractivity contribution in [2.24, 2.45) is 0 Å². The molecule has 0 saturated heterocycles. The van der Waals surface area contributed by atoms with E-state index in [9.17, 15) is 0 Å². The van der Waals surface area contributed by atoms with Gasteiger partial charge in [-0.15, -0.1) is 0 Å². The molecule has 0 spiro atoms. The number of aryl methyl sites for hydroxylation is 2. The predicted molar refractivity (Wildman–Crippen MR) is 88.7 cm³/mol. The monoisotopic (exact) mass is 268 g/mol. The first kappa shape index (κ1) is 14.4. The summed E-state index contributed by atoms with van der Waals surface area (Å²) in [6, 6.07) is 15.5. The maximum atomic E-state index is 3.57. The van der Waals surface area contributed by atoms with Crippen LogP contribution in [0.5, 0.6) is 0 Å². The van der Waals surface area contributed by atoms with Crippen LogP contribution < -0.4 is 10.2 Å². The normalized spacial score (nSPS) is 12.1. The first-order valence-electron chi connectivity index (χ1n) is 7.08. The molecule has 2 rings (SSSR count). The summed E-state index contributed by atoms with van der Waals surface area (Å²) in [5, 5.41) is 3.57. The summed E-state index contributed by atoms with van der Waals surface area (Å²) >= 11 is 0. The maximum absolute atomic E-state index is 3.57. The van der Waals surface area contributed by atoms with Crippen LogP contribution in [-0.4, -0.2) is 14.1 Å². The average molecular weight is 268 g/mol. The highest BCUT2D eigenvalue weighted by Gasteiger charge is 2.07. The minimum absolute atomic E-state index is 0.298. The Balaban J connectivity index is 2.16. The van der Waals surface area contributed by atoms with Gasteiger partial charge in [-0.3, -0.25) is 0 Å². The van der Waals surface area contributed by atoms with Gasteiger partial charge in [0.1, 0.15) is 0 Å². The van der Waals surface area contributed by atoms with Gasteiger partial charge in [0.05, 0.1) is 0 Å². The molecule has 0 aliphatic rings. The van der Waals surface area contributed by atoms with Gasteiger partial charge < -0.3 is 10.2 Å². The fourth-order valence-corrected chi connectivity index (χ4v) is 2.24. The molecule has 0 saturated carbocycles. The zero-order valence-corrected chi connectivity index (χ0v) is 13.1. The van der Waals surface area contributed by atoms with Crippen LogP contribution in [-0.2, 0) is 0 Å². The number of hydrogen-bond acceptors (Lipinski definition) is 2. The van der Waals surface area contributed by atoms with E-state index in [0.717, 1.165) is 5.69 Å². The van der Waals surface area contributed by atoms with Gasteiger partial charge in [-0.1, -0.05) is 24.3 Å². The molecular weight excluding hydrogens is 244 g/mol. The second kappa shape index (κ2) is 6.00. The van der Waals surface area contributed by atoms with Crippen molar-refractivity contribution in [2.45, 2.75) is 26.8 Å². The summed E-state index contributed by atoms with van der Waals surface area (Å²) in [6.07, 6.45) is 0. The summed E-state index contributed by atoms with van der Waals surface area (Å²) in [7, 11) is 4.12. The number of nitrogens with zero attached hydrogens (tertiary/aromatic N) is 1. The molecule has 2 aromatic rings. The van der Waals surface area contributed by atoms with E-state index in [4.69, 9.17) is 0 Å². The molecule has 106 valence electrons. The minimum atomic E-state index is 0.298. The number of benzene rings is 2. The molecule has 20 heavy (non-hydrogen) atoms. The zero-order chi connectivity index (χ0) is 14.7. The van der Waals surface area contributed by atoms with Crippen LogP contribution in [0, 0.1) is 13.8 Å². The van der Waals surface area contributed by atoms with Gasteiger partial charge in [-0.25, -0.2) is 0 Å². The van der Waals surface area contributed by atoms with Crippen molar-refractivity contribution >= 4 is 11.4 Å². The SMILES string of the molecule is Cc1ccc(C(C)Nc2cccc(N(C)C)c2)cc1C. The molecule has 0 aromatic heterocycles. The van der Waals surface area contributed by atoms with E-state index in [1.807, 2.05) is 0 Å². The summed E-state index contributed by atoms with van der Waals surface area (Å²) in [5.41, 5.74) is 6.38. The highest BCUT2D eigenvalue weighted by atomic mass is 15.1. The molecule has 0 aliphatic carbocycles. The molecule has 2 aromatic carbocycles. The third-order valence-corrected chi connectivity index (χ3v) is 3.78. The van der Waals surface area contributed by atoms with E-state index >= 15 is 0 Å². The maximum Gasteiger partial charge on any atom is 0.0485 e. The molecule has 1 unspecified atom stereocenters. The highest BCUT2D eigenvalue weighted by Crippen LogP contribution is 2.24. The van der Waals surface area contributed by atoms with Gasteiger partial charge in [0.25, 0.3) is 0 Å². The summed E-state index contributed by atoms with van der Waals surface area (Å²) < 4.78 is 0. The number of anilines is 2. The van der Waals surface area contributed by atoms with Crippen molar-refractivity contribution in [2.75, 3.05) is 24.3 Å². The van der Waals surface area contributed by atoms with Crippen LogP contribution in [0.4, 0.5) is 11.4 Å². The molecule has 2 heteroatoms. The van der Waals surface area contributed by atoms with Crippen LogP contribution in [0.25, 0.3) is 0 Å². The van der Waals surface area contributed by atoms with E-state index in [1.165, 1.54) is 22.4 Å². The number of rotatable bonds is 4. The predicted octanol–water partition coefficient (Wildman–Crippen LogP) is 4.54. The van der Waals surface area contributed by atoms with Crippen molar-refractivity contribution in [1.29, 1.82) is 0 Å². The molecule has 0 heterocycles. The third kappa shape index (κ3) is 3.32. The molecule has 0 fully saturated rings. The van der Waals surface area contributed by atoms with Crippen LogP contribution in [0.3, 0.4) is 0 Å². The first-order chi connectivity index (χ1) is 9.47. The Morgan fingerprint density at radius 3 is 2.35 bits per heavy atom. The molecule has 1 N–H and O–H groups in total. The minimum Gasteiger partial charge on any atom is -0.378 e. The second-order valence-corrected chi connectivity index (χ2v) is 5.65. The molecule has 0 bridgehead atoms. The van der Waals surface area contributed by atoms with Gasteiger partial charge in [0.2, 0.25) is 0 Å². The lowest BCUT2D eigenvalue weighted by Gasteiger charge is -2.19. The molecule has 0 amide bonds. The third-order valence-electron chi connectivity index (χ3n) is 3.78. The van der Waals surface area contributed by atoms with E-state index in [-0.39, 0.29) is 0 Å². The lowest BCUT2D eigenvalue weighted by molar-refractivity contribution is 0.881. The highest BCUT2D eigenvalue weighted by molar-refractivity contribution is 5.58. The molecule has 0 radical (unpaired) electrons. The van der Waals surface area contributed by atoms with Crippen molar-refractivity contribution in [1.82, 2.24) is 0 Å². The van der Waals surface area contributed by atoms with Crippen molar-refractivity contribution in [3.63, 3.8) is 0 Å². The Kier molecular flexibility index (Phi) is 4.33. The summed E-state index contributed by atoms with van der Waals surface area (Å²) in [4.78, 5) is 2.12. The Hall–Kier alpha value is -1.96. The first-order valence-corrected chi connectivity index (χ1v) is 7.08. The fraction of sp³-hybridized carbons (Fsp3) is 0.333. The largest absolute Gasteiger partial charge is 0.378 e. The summed E-state index contributed by atoms with van der Waals surface area (Å²) in [6.45, 7) is 6.52. The summed E-state index contributed by atoms with van der Waals surface area (Å²) in [5.74, 6) is 0. The van der Waals surface area contributed by atoms with Crippen LogP contribution in [0.15, 0.2) is 42.5 Å². The Bertz CT molecular complexity index is 588.